The van der Waals surface area contributed by atoms with Gasteiger partial charge in [-0.25, -0.2) is 18.0 Å². The predicted octanol–water partition coefficient (Wildman–Crippen LogP) is 3.26. The van der Waals surface area contributed by atoms with Crippen molar-refractivity contribution in [3.05, 3.63) is 41.1 Å². The number of halogens is 3. The average Bonchev–Trinajstić information content (AvgIpc) is 2.80. The Kier molecular flexibility index (Phi) is 3.29. The van der Waals surface area contributed by atoms with Gasteiger partial charge in [-0.2, -0.15) is 5.10 Å². The van der Waals surface area contributed by atoms with Gasteiger partial charge in [0.2, 0.25) is 0 Å². The lowest BCUT2D eigenvalue weighted by atomic mass is 9.96. The van der Waals surface area contributed by atoms with Crippen LogP contribution in [0, 0.1) is 11.6 Å². The molecular weight excluding hydrogens is 273 g/mol. The van der Waals surface area contributed by atoms with Gasteiger partial charge in [0, 0.05) is 5.56 Å². The van der Waals surface area contributed by atoms with Gasteiger partial charge in [0.25, 0.3) is 0 Å². The minimum absolute atomic E-state index is 0.0636. The Hall–Kier alpha value is -2.31. The van der Waals surface area contributed by atoms with Gasteiger partial charge in [-0.15, -0.1) is 0 Å². The van der Waals surface area contributed by atoms with Crippen LogP contribution >= 0.6 is 0 Å². The summed E-state index contributed by atoms with van der Waals surface area (Å²) in [5, 5.41) is 14.5. The van der Waals surface area contributed by atoms with E-state index in [1.165, 1.54) is 13.8 Å². The number of rotatable bonds is 3. The number of H-pyrrole nitrogens is 1. The zero-order valence-electron chi connectivity index (χ0n) is 10.7. The van der Waals surface area contributed by atoms with Crippen molar-refractivity contribution >= 4 is 5.97 Å². The number of aromatic nitrogens is 2. The number of hydrogen-bond acceptors (Lipinski definition) is 2. The summed E-state index contributed by atoms with van der Waals surface area (Å²) in [6, 6.07) is 2.93. The topological polar surface area (TPSA) is 66.0 Å². The molecule has 20 heavy (non-hydrogen) atoms. The van der Waals surface area contributed by atoms with Crippen molar-refractivity contribution in [2.45, 2.75) is 19.5 Å². The smallest absolute Gasteiger partial charge is 0.353 e. The van der Waals surface area contributed by atoms with Crippen LogP contribution in [0.4, 0.5) is 13.2 Å². The maximum Gasteiger partial charge on any atom is 0.353 e. The molecule has 0 unspecified atom stereocenters. The van der Waals surface area contributed by atoms with Crippen molar-refractivity contribution < 1.29 is 23.1 Å². The second-order valence-electron chi connectivity index (χ2n) is 4.76. The van der Waals surface area contributed by atoms with Gasteiger partial charge in [0.1, 0.15) is 11.4 Å². The Morgan fingerprint density at radius 1 is 1.30 bits per heavy atom. The molecule has 0 aliphatic rings. The molecule has 0 saturated carbocycles. The third-order valence-electron chi connectivity index (χ3n) is 2.80. The Balaban J connectivity index is 2.60. The highest BCUT2D eigenvalue weighted by atomic mass is 19.2. The fourth-order valence-corrected chi connectivity index (χ4v) is 1.69. The predicted molar refractivity (Wildman–Crippen MR) is 65.0 cm³/mol. The molecule has 0 bridgehead atoms. The summed E-state index contributed by atoms with van der Waals surface area (Å²) in [5.41, 5.74) is -2.61. The summed E-state index contributed by atoms with van der Waals surface area (Å²) >= 11 is 0. The molecule has 0 atom stereocenters. The molecule has 1 heterocycles. The van der Waals surface area contributed by atoms with Crippen molar-refractivity contribution in [1.82, 2.24) is 10.2 Å². The summed E-state index contributed by atoms with van der Waals surface area (Å²) in [6.07, 6.45) is 0. The molecule has 0 spiro atoms. The lowest BCUT2D eigenvalue weighted by Gasteiger charge is -2.16. The van der Waals surface area contributed by atoms with E-state index in [2.05, 4.69) is 10.2 Å². The summed E-state index contributed by atoms with van der Waals surface area (Å²) in [4.78, 5) is 10.7. The molecule has 0 saturated heterocycles. The summed E-state index contributed by atoms with van der Waals surface area (Å²) in [6.45, 7) is 2.41. The molecule has 0 amide bonds. The molecule has 2 N–H and O–H groups in total. The number of hydrogen-bond donors (Lipinski definition) is 2. The minimum atomic E-state index is -1.87. The highest BCUT2D eigenvalue weighted by molar-refractivity contribution is 5.86. The first-order valence-electron chi connectivity index (χ1n) is 5.67. The van der Waals surface area contributed by atoms with E-state index in [-0.39, 0.29) is 22.5 Å². The van der Waals surface area contributed by atoms with E-state index < -0.39 is 23.3 Å². The molecule has 106 valence electrons. The molecule has 1 aromatic heterocycles. The van der Waals surface area contributed by atoms with Gasteiger partial charge in [0.15, 0.2) is 11.6 Å². The lowest BCUT2D eigenvalue weighted by molar-refractivity contribution is 0.0690. The fraction of sp³-hybridized carbons (Fsp3) is 0.231. The number of aromatic amines is 1. The second kappa shape index (κ2) is 4.66. The number of carboxylic acids is 1. The number of benzene rings is 1. The summed E-state index contributed by atoms with van der Waals surface area (Å²) < 4.78 is 41.1. The van der Waals surface area contributed by atoms with E-state index in [9.17, 15) is 18.0 Å². The van der Waals surface area contributed by atoms with Crippen molar-refractivity contribution in [1.29, 1.82) is 0 Å². The molecule has 0 fully saturated rings. The van der Waals surface area contributed by atoms with E-state index in [0.717, 1.165) is 18.2 Å². The van der Waals surface area contributed by atoms with Crippen molar-refractivity contribution in [3.8, 4) is 11.3 Å². The first-order valence-corrected chi connectivity index (χ1v) is 5.67. The summed E-state index contributed by atoms with van der Waals surface area (Å²) in [5.74, 6) is -3.71. The molecule has 4 nitrogen and oxygen atoms in total. The highest BCUT2D eigenvalue weighted by Crippen LogP contribution is 2.32. The SMILES string of the molecule is CC(C)(F)c1cc(F)c(F)c(-c2cc(C(=O)O)[nH]n2)c1. The number of aromatic carboxylic acids is 1. The van der Waals surface area contributed by atoms with Gasteiger partial charge >= 0.3 is 5.97 Å². The zero-order valence-corrected chi connectivity index (χ0v) is 10.7. The Labute approximate surface area is 112 Å². The maximum absolute atomic E-state index is 13.9. The minimum Gasteiger partial charge on any atom is -0.477 e. The zero-order chi connectivity index (χ0) is 15.1. The van der Waals surface area contributed by atoms with E-state index >= 15 is 0 Å². The monoisotopic (exact) mass is 284 g/mol. The van der Waals surface area contributed by atoms with Crippen molar-refractivity contribution in [3.63, 3.8) is 0 Å². The summed E-state index contributed by atoms with van der Waals surface area (Å²) in [7, 11) is 0. The fourth-order valence-electron chi connectivity index (χ4n) is 1.69. The Bertz CT molecular complexity index is 675. The molecular formula is C13H11F3N2O2. The van der Waals surface area contributed by atoms with Crippen LogP contribution in [0.2, 0.25) is 0 Å². The lowest BCUT2D eigenvalue weighted by Crippen LogP contribution is -2.10. The third-order valence-corrected chi connectivity index (χ3v) is 2.80. The average molecular weight is 284 g/mol. The van der Waals surface area contributed by atoms with Gasteiger partial charge < -0.3 is 5.11 Å². The highest BCUT2D eigenvalue weighted by Gasteiger charge is 2.24. The van der Waals surface area contributed by atoms with Crippen LogP contribution in [-0.2, 0) is 5.67 Å². The van der Waals surface area contributed by atoms with E-state index in [1.54, 1.807) is 0 Å². The van der Waals surface area contributed by atoms with E-state index in [1.807, 2.05) is 0 Å². The first-order chi connectivity index (χ1) is 9.20. The number of carbonyl (C=O) groups is 1. The number of nitrogens with one attached hydrogen (secondary N) is 1. The van der Waals surface area contributed by atoms with Gasteiger partial charge in [-0.3, -0.25) is 5.10 Å². The number of carboxylic acid groups (broad SMARTS) is 1. The largest absolute Gasteiger partial charge is 0.477 e. The van der Waals surface area contributed by atoms with Gasteiger partial charge in [0.05, 0.1) is 5.69 Å². The normalized spacial score (nSPS) is 11.7. The standard InChI is InChI=1S/C13H11F3N2O2/c1-13(2,16)6-3-7(11(15)8(14)4-6)9-5-10(12(19)20)18-17-9/h3-5H,1-2H3,(H,17,18)(H,19,20). The van der Waals surface area contributed by atoms with Crippen LogP contribution in [-0.4, -0.2) is 21.3 Å². The maximum atomic E-state index is 13.9. The molecule has 2 rings (SSSR count). The van der Waals surface area contributed by atoms with E-state index in [4.69, 9.17) is 5.11 Å². The van der Waals surface area contributed by atoms with Gasteiger partial charge in [-0.05, 0) is 37.6 Å². The quantitative estimate of drug-likeness (QED) is 0.909. The third kappa shape index (κ3) is 2.52. The molecule has 7 heteroatoms. The van der Waals surface area contributed by atoms with Crippen LogP contribution in [0.5, 0.6) is 0 Å². The van der Waals surface area contributed by atoms with Crippen LogP contribution in [0.15, 0.2) is 18.2 Å². The van der Waals surface area contributed by atoms with Gasteiger partial charge in [-0.1, -0.05) is 0 Å². The van der Waals surface area contributed by atoms with Crippen LogP contribution < -0.4 is 0 Å². The Morgan fingerprint density at radius 3 is 2.45 bits per heavy atom. The molecule has 0 aliphatic heterocycles. The van der Waals surface area contributed by atoms with Crippen LogP contribution in [0.1, 0.15) is 29.9 Å². The Morgan fingerprint density at radius 2 is 1.95 bits per heavy atom. The van der Waals surface area contributed by atoms with Crippen LogP contribution in [0.25, 0.3) is 11.3 Å². The number of alkyl halides is 1. The van der Waals surface area contributed by atoms with E-state index in [0.29, 0.717) is 0 Å². The molecule has 2 aromatic rings. The van der Waals surface area contributed by atoms with Crippen molar-refractivity contribution in [2.24, 2.45) is 0 Å². The van der Waals surface area contributed by atoms with Crippen molar-refractivity contribution in [2.75, 3.05) is 0 Å². The molecule has 1 aromatic carbocycles. The molecule has 0 radical (unpaired) electrons. The first kappa shape index (κ1) is 14.1. The number of nitrogens with zero attached hydrogens (tertiary/aromatic N) is 1. The second-order valence-corrected chi connectivity index (χ2v) is 4.76. The van der Waals surface area contributed by atoms with Crippen LogP contribution in [0.3, 0.4) is 0 Å². The molecule has 0 aliphatic carbocycles.